The second-order valence-corrected chi connectivity index (χ2v) is 6.68. The average molecular weight is 373 g/mol. The molecule has 2 rings (SSSR count). The Labute approximate surface area is 151 Å². The maximum absolute atomic E-state index is 10.2. The maximum atomic E-state index is 10.2. The van der Waals surface area contributed by atoms with E-state index in [4.69, 9.17) is 4.74 Å². The van der Waals surface area contributed by atoms with Crippen molar-refractivity contribution in [1.82, 2.24) is 5.32 Å². The second-order valence-electron chi connectivity index (χ2n) is 6.68. The minimum Gasteiger partial charge on any atom is -0.504 e. The molecule has 26 heavy (non-hydrogen) atoms. The van der Waals surface area contributed by atoms with E-state index in [2.05, 4.69) is 5.32 Å². The predicted molar refractivity (Wildman–Crippen MR) is 90.6 cm³/mol. The highest BCUT2D eigenvalue weighted by Gasteiger charge is 2.43. The summed E-state index contributed by atoms with van der Waals surface area (Å²) in [6, 6.07) is 3.82. The van der Waals surface area contributed by atoms with Gasteiger partial charge in [-0.25, -0.2) is 0 Å². The molecule has 1 aromatic carbocycles. The van der Waals surface area contributed by atoms with E-state index in [-0.39, 0.29) is 30.5 Å². The van der Waals surface area contributed by atoms with Crippen molar-refractivity contribution >= 4 is 0 Å². The van der Waals surface area contributed by atoms with Crippen molar-refractivity contribution in [3.63, 3.8) is 0 Å². The molecule has 0 aliphatic carbocycles. The Balaban J connectivity index is 1.87. The largest absolute Gasteiger partial charge is 0.504 e. The van der Waals surface area contributed by atoms with E-state index >= 15 is 0 Å². The highest BCUT2D eigenvalue weighted by Crippen LogP contribution is 2.28. The quantitative estimate of drug-likeness (QED) is 0.261. The van der Waals surface area contributed by atoms with Crippen molar-refractivity contribution in [3.8, 4) is 11.5 Å². The van der Waals surface area contributed by atoms with Crippen molar-refractivity contribution in [2.75, 3.05) is 13.2 Å². The lowest BCUT2D eigenvalue weighted by Gasteiger charge is -2.41. The highest BCUT2D eigenvalue weighted by atomic mass is 16.5. The van der Waals surface area contributed by atoms with Crippen LogP contribution in [0, 0.1) is 0 Å². The first-order valence-corrected chi connectivity index (χ1v) is 8.48. The summed E-state index contributed by atoms with van der Waals surface area (Å²) in [6.07, 6.45) is -6.49. The van der Waals surface area contributed by atoms with Gasteiger partial charge in [0, 0.05) is 12.6 Å². The van der Waals surface area contributed by atoms with Crippen LogP contribution in [0.5, 0.6) is 11.5 Å². The monoisotopic (exact) mass is 373 g/mol. The molecule has 1 saturated heterocycles. The number of ether oxygens (including phenoxy) is 1. The topological polar surface area (TPSA) is 163 Å². The summed E-state index contributed by atoms with van der Waals surface area (Å²) in [6.45, 7) is 1.46. The van der Waals surface area contributed by atoms with E-state index in [1.54, 1.807) is 6.92 Å². The lowest BCUT2D eigenvalue weighted by Crippen LogP contribution is -2.59. The first-order chi connectivity index (χ1) is 12.2. The first kappa shape index (κ1) is 20.8. The number of aliphatic hydroxyl groups excluding tert-OH is 5. The molecule has 8 N–H and O–H groups in total. The molecule has 0 saturated carbocycles. The number of hydrogen-bond acceptors (Lipinski definition) is 9. The average Bonchev–Trinajstić information content (AvgIpc) is 2.62. The molecule has 148 valence electrons. The molecule has 2 unspecified atom stereocenters. The van der Waals surface area contributed by atoms with Gasteiger partial charge in [-0.3, -0.25) is 0 Å². The maximum Gasteiger partial charge on any atom is 0.157 e. The van der Waals surface area contributed by atoms with Gasteiger partial charge in [0.1, 0.15) is 24.4 Å². The number of benzene rings is 1. The number of aromatic hydroxyl groups is 2. The van der Waals surface area contributed by atoms with E-state index < -0.39 is 43.2 Å². The van der Waals surface area contributed by atoms with Crippen LogP contribution >= 0.6 is 0 Å². The van der Waals surface area contributed by atoms with Crippen LogP contribution in [0.2, 0.25) is 0 Å². The normalized spacial score (nSPS) is 31.5. The smallest absolute Gasteiger partial charge is 0.157 e. The summed E-state index contributed by atoms with van der Waals surface area (Å²) in [4.78, 5) is 0. The Morgan fingerprint density at radius 3 is 2.31 bits per heavy atom. The molecule has 0 radical (unpaired) electrons. The molecule has 0 amide bonds. The van der Waals surface area contributed by atoms with Gasteiger partial charge >= 0.3 is 0 Å². The number of rotatable bonds is 7. The fourth-order valence-corrected chi connectivity index (χ4v) is 2.98. The minimum atomic E-state index is -1.41. The van der Waals surface area contributed by atoms with E-state index in [0.29, 0.717) is 5.56 Å². The molecule has 1 aliphatic heterocycles. The summed E-state index contributed by atoms with van der Waals surface area (Å²) < 4.78 is 5.45. The van der Waals surface area contributed by atoms with Gasteiger partial charge in [-0.05, 0) is 31.0 Å². The van der Waals surface area contributed by atoms with Gasteiger partial charge in [0.25, 0.3) is 0 Å². The predicted octanol–water partition coefficient (Wildman–Crippen LogP) is -1.66. The number of hydrogen-bond donors (Lipinski definition) is 8. The highest BCUT2D eigenvalue weighted by molar-refractivity contribution is 5.41. The number of phenolic OH excluding ortho intramolecular Hbond substituents is 2. The number of nitrogens with one attached hydrogen (secondary N) is 1. The molecular weight excluding hydrogens is 346 g/mol. The third-order valence-electron chi connectivity index (χ3n) is 4.62. The van der Waals surface area contributed by atoms with Crippen LogP contribution in [-0.4, -0.2) is 85.5 Å². The fourth-order valence-electron chi connectivity index (χ4n) is 2.98. The standard InChI is InChI=1S/C17H27NO8/c1-8(4-13-15(23)17(25)16(24)14(7-19)26-13)18-6-12(22)9-2-3-10(20)11(21)5-9/h2-3,5,8,12-25H,4,6-7H2,1H3/t8?,12?,13-,14-,15+,16-,17-/m1/s1. The third kappa shape index (κ3) is 4.83. The molecule has 0 bridgehead atoms. The summed E-state index contributed by atoms with van der Waals surface area (Å²) in [5.74, 6) is -0.596. The van der Waals surface area contributed by atoms with Crippen molar-refractivity contribution < 1.29 is 40.5 Å². The van der Waals surface area contributed by atoms with Gasteiger partial charge in [-0.1, -0.05) is 6.07 Å². The third-order valence-corrected chi connectivity index (χ3v) is 4.62. The van der Waals surface area contributed by atoms with Crippen LogP contribution in [0.1, 0.15) is 25.0 Å². The van der Waals surface area contributed by atoms with Gasteiger partial charge in [0.2, 0.25) is 0 Å². The van der Waals surface area contributed by atoms with Crippen molar-refractivity contribution in [2.24, 2.45) is 0 Å². The lowest BCUT2D eigenvalue weighted by atomic mass is 9.92. The van der Waals surface area contributed by atoms with Crippen LogP contribution in [0.15, 0.2) is 18.2 Å². The summed E-state index contributed by atoms with van der Waals surface area (Å²) in [7, 11) is 0. The Morgan fingerprint density at radius 2 is 1.69 bits per heavy atom. The summed E-state index contributed by atoms with van der Waals surface area (Å²) in [5, 5.41) is 70.8. The zero-order valence-corrected chi connectivity index (χ0v) is 14.4. The Kier molecular flexibility index (Phi) is 7.18. The molecule has 7 atom stereocenters. The SMILES string of the molecule is CC(C[C@H]1O[C@H](CO)[C@@H](O)[C@H](O)[C@H]1O)NCC(O)c1ccc(O)c(O)c1. The van der Waals surface area contributed by atoms with Gasteiger partial charge in [-0.15, -0.1) is 0 Å². The van der Waals surface area contributed by atoms with E-state index in [0.717, 1.165) is 0 Å². The van der Waals surface area contributed by atoms with Crippen LogP contribution in [0.25, 0.3) is 0 Å². The van der Waals surface area contributed by atoms with Crippen molar-refractivity contribution in [1.29, 1.82) is 0 Å². The molecule has 1 heterocycles. The van der Waals surface area contributed by atoms with Crippen LogP contribution in [-0.2, 0) is 4.74 Å². The Bertz CT molecular complexity index is 584. The van der Waals surface area contributed by atoms with Crippen LogP contribution < -0.4 is 5.32 Å². The zero-order chi connectivity index (χ0) is 19.4. The van der Waals surface area contributed by atoms with E-state index in [1.165, 1.54) is 18.2 Å². The summed E-state index contributed by atoms with van der Waals surface area (Å²) >= 11 is 0. The van der Waals surface area contributed by atoms with Gasteiger partial charge in [0.15, 0.2) is 11.5 Å². The molecular formula is C17H27NO8. The van der Waals surface area contributed by atoms with Gasteiger partial charge in [0.05, 0.1) is 18.8 Å². The van der Waals surface area contributed by atoms with E-state index in [9.17, 15) is 35.7 Å². The fraction of sp³-hybridized carbons (Fsp3) is 0.647. The second kappa shape index (κ2) is 8.96. The first-order valence-electron chi connectivity index (χ1n) is 8.48. The summed E-state index contributed by atoms with van der Waals surface area (Å²) in [5.41, 5.74) is 0.424. The molecule has 1 fully saturated rings. The van der Waals surface area contributed by atoms with Gasteiger partial charge < -0.3 is 45.8 Å². The van der Waals surface area contributed by atoms with Crippen molar-refractivity contribution in [2.45, 2.75) is 56.0 Å². The Morgan fingerprint density at radius 1 is 1.04 bits per heavy atom. The molecule has 1 aliphatic rings. The van der Waals surface area contributed by atoms with Gasteiger partial charge in [-0.2, -0.15) is 0 Å². The number of phenols is 2. The van der Waals surface area contributed by atoms with E-state index in [1.807, 2.05) is 0 Å². The molecule has 0 spiro atoms. The molecule has 9 nitrogen and oxygen atoms in total. The molecule has 9 heteroatoms. The zero-order valence-electron chi connectivity index (χ0n) is 14.4. The van der Waals surface area contributed by atoms with Crippen molar-refractivity contribution in [3.05, 3.63) is 23.8 Å². The lowest BCUT2D eigenvalue weighted by molar-refractivity contribution is -0.231. The minimum absolute atomic E-state index is 0.142. The number of aliphatic hydroxyl groups is 5. The Hall–Kier alpha value is -1.46. The molecule has 0 aromatic heterocycles. The van der Waals surface area contributed by atoms with Crippen LogP contribution in [0.3, 0.4) is 0 Å². The molecule has 1 aromatic rings. The van der Waals surface area contributed by atoms with Crippen LogP contribution in [0.4, 0.5) is 0 Å².